The molecule has 1 aromatic carbocycles. The van der Waals surface area contributed by atoms with Crippen LogP contribution in [0.5, 0.6) is 0 Å². The number of nitrogens with zero attached hydrogens (tertiary/aromatic N) is 3. The van der Waals surface area contributed by atoms with Crippen LogP contribution in [-0.4, -0.2) is 79.1 Å². The van der Waals surface area contributed by atoms with Crippen LogP contribution in [0.4, 0.5) is 0 Å². The minimum atomic E-state index is -0.256. The lowest BCUT2D eigenvalue weighted by atomic mass is 10.1. The van der Waals surface area contributed by atoms with E-state index in [2.05, 4.69) is 22.5 Å². The summed E-state index contributed by atoms with van der Waals surface area (Å²) in [6.07, 6.45) is 2.44. The first-order valence-corrected chi connectivity index (χ1v) is 11.8. The normalized spacial score (nSPS) is 19.6. The average Bonchev–Trinajstić information content (AvgIpc) is 3.36. The molecule has 2 atom stereocenters. The monoisotopic (exact) mass is 571 g/mol. The van der Waals surface area contributed by atoms with Gasteiger partial charge in [0.05, 0.1) is 6.54 Å². The standard InChI is InChI=1S/C24H37N5O3.HI/c1-4-18(3)27-22(30)20-9-6-8-19(16-20)17-26-24(25-5-2)29-13-11-28(12-14-29)23(31)21-10-7-15-32-21;/h6,8-9,16,18,21H,4-5,7,10-15,17H2,1-3H3,(H,25,26)(H,27,30);1H. The summed E-state index contributed by atoms with van der Waals surface area (Å²) < 4.78 is 5.55. The highest BCUT2D eigenvalue weighted by Crippen LogP contribution is 2.16. The Labute approximate surface area is 214 Å². The molecule has 2 aliphatic rings. The van der Waals surface area contributed by atoms with Gasteiger partial charge in [0.15, 0.2) is 5.96 Å². The van der Waals surface area contributed by atoms with Gasteiger partial charge in [-0.05, 0) is 50.8 Å². The molecule has 2 fully saturated rings. The molecule has 2 saturated heterocycles. The Hall–Kier alpha value is -1.88. The molecule has 0 aromatic heterocycles. The van der Waals surface area contributed by atoms with E-state index in [1.807, 2.05) is 43.0 Å². The summed E-state index contributed by atoms with van der Waals surface area (Å²) >= 11 is 0. The maximum absolute atomic E-state index is 12.6. The number of ether oxygens (including phenoxy) is 1. The Kier molecular flexibility index (Phi) is 11.4. The molecular formula is C24H38IN5O3. The lowest BCUT2D eigenvalue weighted by Gasteiger charge is -2.37. The van der Waals surface area contributed by atoms with Crippen molar-refractivity contribution >= 4 is 41.8 Å². The molecule has 3 rings (SSSR count). The van der Waals surface area contributed by atoms with E-state index in [0.29, 0.717) is 31.8 Å². The molecule has 0 bridgehead atoms. The van der Waals surface area contributed by atoms with Gasteiger partial charge in [0.2, 0.25) is 0 Å². The van der Waals surface area contributed by atoms with Crippen molar-refractivity contribution in [1.82, 2.24) is 20.4 Å². The molecule has 2 heterocycles. The van der Waals surface area contributed by atoms with Crippen molar-refractivity contribution in [3.05, 3.63) is 35.4 Å². The van der Waals surface area contributed by atoms with Crippen molar-refractivity contribution in [2.45, 2.75) is 58.7 Å². The molecule has 2 unspecified atom stereocenters. The SMILES string of the molecule is CCNC(=NCc1cccc(C(=O)NC(C)CC)c1)N1CCN(C(=O)C2CCCO2)CC1.I. The van der Waals surface area contributed by atoms with Crippen LogP contribution in [0, 0.1) is 0 Å². The number of halogens is 1. The molecule has 1 aromatic rings. The second-order valence-electron chi connectivity index (χ2n) is 8.47. The summed E-state index contributed by atoms with van der Waals surface area (Å²) in [5, 5.41) is 6.37. The van der Waals surface area contributed by atoms with E-state index in [1.54, 1.807) is 0 Å². The first-order valence-electron chi connectivity index (χ1n) is 11.8. The number of aliphatic imine (C=N–C) groups is 1. The minimum absolute atomic E-state index is 0. The number of rotatable bonds is 7. The largest absolute Gasteiger partial charge is 0.368 e. The number of benzene rings is 1. The maximum atomic E-state index is 12.6. The molecule has 2 aliphatic heterocycles. The first kappa shape index (κ1) is 27.4. The third-order valence-electron chi connectivity index (χ3n) is 6.02. The number of hydrogen-bond acceptors (Lipinski definition) is 4. The van der Waals surface area contributed by atoms with Crippen LogP contribution in [0.25, 0.3) is 0 Å². The predicted octanol–water partition coefficient (Wildman–Crippen LogP) is 2.62. The number of carbonyl (C=O) groups excluding carboxylic acids is 2. The quantitative estimate of drug-likeness (QED) is 0.299. The highest BCUT2D eigenvalue weighted by Gasteiger charge is 2.30. The van der Waals surface area contributed by atoms with E-state index in [9.17, 15) is 9.59 Å². The van der Waals surface area contributed by atoms with Gasteiger partial charge in [0, 0.05) is 50.9 Å². The van der Waals surface area contributed by atoms with Crippen molar-refractivity contribution in [3.63, 3.8) is 0 Å². The molecule has 8 nitrogen and oxygen atoms in total. The zero-order valence-corrected chi connectivity index (χ0v) is 22.3. The number of amides is 2. The first-order chi connectivity index (χ1) is 15.5. The second kappa shape index (κ2) is 13.7. The molecule has 9 heteroatoms. The number of piperazine rings is 1. The summed E-state index contributed by atoms with van der Waals surface area (Å²) in [7, 11) is 0. The van der Waals surface area contributed by atoms with E-state index in [0.717, 1.165) is 50.4 Å². The van der Waals surface area contributed by atoms with E-state index in [1.165, 1.54) is 0 Å². The summed E-state index contributed by atoms with van der Waals surface area (Å²) in [5.74, 6) is 0.909. The Morgan fingerprint density at radius 1 is 1.18 bits per heavy atom. The molecule has 0 spiro atoms. The van der Waals surface area contributed by atoms with Crippen LogP contribution < -0.4 is 10.6 Å². The number of guanidine groups is 1. The van der Waals surface area contributed by atoms with Crippen LogP contribution in [-0.2, 0) is 16.1 Å². The summed E-state index contributed by atoms with van der Waals surface area (Å²) in [5.41, 5.74) is 1.65. The molecule has 2 N–H and O–H groups in total. The maximum Gasteiger partial charge on any atom is 0.251 e. The van der Waals surface area contributed by atoms with Gasteiger partial charge in [-0.3, -0.25) is 9.59 Å². The highest BCUT2D eigenvalue weighted by molar-refractivity contribution is 14.0. The Bertz CT molecular complexity index is 805. The molecule has 0 radical (unpaired) electrons. The molecule has 0 aliphatic carbocycles. The van der Waals surface area contributed by atoms with Crippen molar-refractivity contribution in [2.75, 3.05) is 39.3 Å². The Morgan fingerprint density at radius 3 is 2.55 bits per heavy atom. The summed E-state index contributed by atoms with van der Waals surface area (Å²) in [6, 6.07) is 7.78. The molecule has 0 saturated carbocycles. The number of hydrogen-bond donors (Lipinski definition) is 2. The van der Waals surface area contributed by atoms with Crippen LogP contribution in [0.15, 0.2) is 29.3 Å². The van der Waals surface area contributed by atoms with E-state index < -0.39 is 0 Å². The van der Waals surface area contributed by atoms with E-state index in [4.69, 9.17) is 9.73 Å². The third kappa shape index (κ3) is 7.84. The lowest BCUT2D eigenvalue weighted by molar-refractivity contribution is -0.142. The van der Waals surface area contributed by atoms with Gasteiger partial charge >= 0.3 is 0 Å². The van der Waals surface area contributed by atoms with Crippen LogP contribution in [0.1, 0.15) is 56.0 Å². The van der Waals surface area contributed by atoms with E-state index >= 15 is 0 Å². The molecular weight excluding hydrogens is 533 g/mol. The minimum Gasteiger partial charge on any atom is -0.368 e. The van der Waals surface area contributed by atoms with Gasteiger partial charge in [-0.25, -0.2) is 4.99 Å². The molecule has 2 amide bonds. The van der Waals surface area contributed by atoms with Gasteiger partial charge in [-0.1, -0.05) is 19.1 Å². The average molecular weight is 572 g/mol. The second-order valence-corrected chi connectivity index (χ2v) is 8.47. The van der Waals surface area contributed by atoms with Gasteiger partial charge < -0.3 is 25.2 Å². The lowest BCUT2D eigenvalue weighted by Crippen LogP contribution is -2.55. The highest BCUT2D eigenvalue weighted by atomic mass is 127. The van der Waals surface area contributed by atoms with Crippen LogP contribution >= 0.6 is 24.0 Å². The third-order valence-corrected chi connectivity index (χ3v) is 6.02. The summed E-state index contributed by atoms with van der Waals surface area (Å²) in [6.45, 7) is 10.9. The number of carbonyl (C=O) groups is 2. The van der Waals surface area contributed by atoms with Crippen LogP contribution in [0.3, 0.4) is 0 Å². The van der Waals surface area contributed by atoms with Crippen molar-refractivity contribution in [2.24, 2.45) is 4.99 Å². The van der Waals surface area contributed by atoms with Gasteiger partial charge in [-0.2, -0.15) is 0 Å². The summed E-state index contributed by atoms with van der Waals surface area (Å²) in [4.78, 5) is 33.9. The van der Waals surface area contributed by atoms with Crippen molar-refractivity contribution in [3.8, 4) is 0 Å². The molecule has 184 valence electrons. The van der Waals surface area contributed by atoms with E-state index in [-0.39, 0.29) is 47.9 Å². The fraction of sp³-hybridized carbons (Fsp3) is 0.625. The predicted molar refractivity (Wildman–Crippen MR) is 141 cm³/mol. The van der Waals surface area contributed by atoms with Gasteiger partial charge in [0.25, 0.3) is 11.8 Å². The fourth-order valence-corrected chi connectivity index (χ4v) is 3.93. The topological polar surface area (TPSA) is 86.3 Å². The molecule has 33 heavy (non-hydrogen) atoms. The van der Waals surface area contributed by atoms with Gasteiger partial charge in [-0.15, -0.1) is 24.0 Å². The zero-order valence-electron chi connectivity index (χ0n) is 20.0. The van der Waals surface area contributed by atoms with Crippen LogP contribution in [0.2, 0.25) is 0 Å². The van der Waals surface area contributed by atoms with Crippen molar-refractivity contribution in [1.29, 1.82) is 0 Å². The zero-order chi connectivity index (χ0) is 22.9. The fourth-order valence-electron chi connectivity index (χ4n) is 3.93. The Morgan fingerprint density at radius 2 is 1.91 bits per heavy atom. The number of nitrogens with one attached hydrogen (secondary N) is 2. The smallest absolute Gasteiger partial charge is 0.251 e. The van der Waals surface area contributed by atoms with Gasteiger partial charge in [0.1, 0.15) is 6.10 Å². The van der Waals surface area contributed by atoms with Crippen molar-refractivity contribution < 1.29 is 14.3 Å². The Balaban J connectivity index is 0.00000385.